The van der Waals surface area contributed by atoms with Crippen LogP contribution in [0, 0.1) is 0 Å². The zero-order chi connectivity index (χ0) is 13.2. The largest absolute Gasteiger partial charge is 0.461 e. The first-order chi connectivity index (χ1) is 9.25. The molecule has 0 spiro atoms. The van der Waals surface area contributed by atoms with Crippen molar-refractivity contribution < 1.29 is 9.53 Å². The highest BCUT2D eigenvalue weighted by Crippen LogP contribution is 2.28. The third-order valence-corrected chi connectivity index (χ3v) is 3.30. The minimum Gasteiger partial charge on any atom is -0.461 e. The lowest BCUT2D eigenvalue weighted by molar-refractivity contribution is -0.142. The summed E-state index contributed by atoms with van der Waals surface area (Å²) in [4.78, 5) is 11.1. The summed E-state index contributed by atoms with van der Waals surface area (Å²) in [5.41, 5.74) is 1.07. The second-order valence-corrected chi connectivity index (χ2v) is 4.58. The lowest BCUT2D eigenvalue weighted by atomic mass is 9.97. The van der Waals surface area contributed by atoms with Gasteiger partial charge in [0.2, 0.25) is 0 Å². The summed E-state index contributed by atoms with van der Waals surface area (Å²) in [6, 6.07) is 18.5. The second kappa shape index (κ2) is 4.73. The maximum Gasteiger partial charge on any atom is 0.302 e. The monoisotopic (exact) mass is 250 g/mol. The first-order valence-electron chi connectivity index (χ1n) is 6.28. The van der Waals surface area contributed by atoms with Gasteiger partial charge in [-0.25, -0.2) is 0 Å². The highest BCUT2D eigenvalue weighted by molar-refractivity contribution is 6.02. The van der Waals surface area contributed by atoms with Crippen molar-refractivity contribution in [1.29, 1.82) is 0 Å². The smallest absolute Gasteiger partial charge is 0.302 e. The fraction of sp³-hybridized carbons (Fsp3) is 0.118. The normalized spacial score (nSPS) is 10.8. The summed E-state index contributed by atoms with van der Waals surface area (Å²) < 4.78 is 5.21. The topological polar surface area (TPSA) is 26.3 Å². The van der Waals surface area contributed by atoms with E-state index in [1.165, 1.54) is 17.7 Å². The highest BCUT2D eigenvalue weighted by Gasteiger charge is 2.08. The Hall–Kier alpha value is -2.35. The van der Waals surface area contributed by atoms with Crippen molar-refractivity contribution in [2.75, 3.05) is 0 Å². The summed E-state index contributed by atoms with van der Waals surface area (Å²) in [5, 5.41) is 4.62. The van der Waals surface area contributed by atoms with Crippen molar-refractivity contribution >= 4 is 27.5 Å². The molecule has 0 aliphatic heterocycles. The summed E-state index contributed by atoms with van der Waals surface area (Å²) >= 11 is 0. The molecular formula is C17H14O2. The van der Waals surface area contributed by atoms with Crippen LogP contribution < -0.4 is 0 Å². The van der Waals surface area contributed by atoms with Crippen molar-refractivity contribution in [3.05, 3.63) is 60.2 Å². The van der Waals surface area contributed by atoms with Crippen LogP contribution >= 0.6 is 0 Å². The molecule has 0 aromatic heterocycles. The van der Waals surface area contributed by atoms with Gasteiger partial charge >= 0.3 is 5.97 Å². The van der Waals surface area contributed by atoms with Crippen molar-refractivity contribution in [3.63, 3.8) is 0 Å². The molecule has 94 valence electrons. The SMILES string of the molecule is CC(=O)OCc1c2ccccc2cc2ccccc12. The van der Waals surface area contributed by atoms with Gasteiger partial charge in [0, 0.05) is 12.5 Å². The van der Waals surface area contributed by atoms with E-state index in [1.54, 1.807) is 0 Å². The molecule has 0 saturated carbocycles. The molecule has 2 heteroatoms. The van der Waals surface area contributed by atoms with Crippen LogP contribution in [0.2, 0.25) is 0 Å². The van der Waals surface area contributed by atoms with E-state index in [0.29, 0.717) is 6.61 Å². The zero-order valence-electron chi connectivity index (χ0n) is 10.7. The zero-order valence-corrected chi connectivity index (χ0v) is 10.7. The molecule has 0 fully saturated rings. The lowest BCUT2D eigenvalue weighted by Gasteiger charge is -2.11. The molecule has 0 saturated heterocycles. The summed E-state index contributed by atoms with van der Waals surface area (Å²) in [6.45, 7) is 1.75. The maximum absolute atomic E-state index is 11.1. The molecule has 0 bridgehead atoms. The summed E-state index contributed by atoms with van der Waals surface area (Å²) in [5.74, 6) is -0.253. The highest BCUT2D eigenvalue weighted by atomic mass is 16.5. The minimum atomic E-state index is -0.253. The number of hydrogen-bond donors (Lipinski definition) is 0. The van der Waals surface area contributed by atoms with Gasteiger partial charge in [-0.05, 0) is 27.6 Å². The Kier molecular flexibility index (Phi) is 2.92. The van der Waals surface area contributed by atoms with Crippen LogP contribution in [0.25, 0.3) is 21.5 Å². The Morgan fingerprint density at radius 3 is 2.00 bits per heavy atom. The third kappa shape index (κ3) is 2.17. The molecule has 0 radical (unpaired) electrons. The standard InChI is InChI=1S/C17H14O2/c1-12(18)19-11-17-15-8-4-2-6-13(15)10-14-7-3-5-9-16(14)17/h2-10H,11H2,1H3. The fourth-order valence-electron chi connectivity index (χ4n) is 2.44. The molecule has 0 N–H and O–H groups in total. The van der Waals surface area contributed by atoms with Gasteiger partial charge in [0.05, 0.1) is 0 Å². The van der Waals surface area contributed by atoms with E-state index < -0.39 is 0 Å². The molecule has 0 aliphatic carbocycles. The van der Waals surface area contributed by atoms with Crippen molar-refractivity contribution in [1.82, 2.24) is 0 Å². The van der Waals surface area contributed by atoms with Crippen LogP contribution in [0.3, 0.4) is 0 Å². The van der Waals surface area contributed by atoms with Gasteiger partial charge in [0.1, 0.15) is 6.61 Å². The molecule has 0 atom stereocenters. The summed E-state index contributed by atoms with van der Waals surface area (Å²) in [7, 11) is 0. The average molecular weight is 250 g/mol. The van der Waals surface area contributed by atoms with Crippen LogP contribution in [-0.2, 0) is 16.1 Å². The van der Waals surface area contributed by atoms with Crippen LogP contribution in [0.15, 0.2) is 54.6 Å². The van der Waals surface area contributed by atoms with Crippen LogP contribution in [0.1, 0.15) is 12.5 Å². The van der Waals surface area contributed by atoms with Crippen LogP contribution in [0.5, 0.6) is 0 Å². The number of fused-ring (bicyclic) bond motifs is 2. The number of carbonyl (C=O) groups is 1. The molecule has 19 heavy (non-hydrogen) atoms. The second-order valence-electron chi connectivity index (χ2n) is 4.58. The van der Waals surface area contributed by atoms with Crippen molar-refractivity contribution in [2.45, 2.75) is 13.5 Å². The van der Waals surface area contributed by atoms with E-state index in [0.717, 1.165) is 16.3 Å². The summed E-state index contributed by atoms with van der Waals surface area (Å²) in [6.07, 6.45) is 0. The van der Waals surface area contributed by atoms with Crippen LogP contribution in [-0.4, -0.2) is 5.97 Å². The minimum absolute atomic E-state index is 0.253. The van der Waals surface area contributed by atoms with Crippen LogP contribution in [0.4, 0.5) is 0 Å². The third-order valence-electron chi connectivity index (χ3n) is 3.30. The Morgan fingerprint density at radius 2 is 1.47 bits per heavy atom. The first-order valence-corrected chi connectivity index (χ1v) is 6.28. The number of ether oxygens (including phenoxy) is 1. The van der Waals surface area contributed by atoms with Gasteiger partial charge in [0.15, 0.2) is 0 Å². The van der Waals surface area contributed by atoms with Gasteiger partial charge in [0.25, 0.3) is 0 Å². The van der Waals surface area contributed by atoms with E-state index >= 15 is 0 Å². The van der Waals surface area contributed by atoms with Gasteiger partial charge in [-0.3, -0.25) is 4.79 Å². The van der Waals surface area contributed by atoms with Gasteiger partial charge in [-0.2, -0.15) is 0 Å². The molecule has 3 rings (SSSR count). The molecule has 3 aromatic rings. The fourth-order valence-corrected chi connectivity index (χ4v) is 2.44. The Bertz CT molecular complexity index is 705. The number of esters is 1. The number of benzene rings is 3. The maximum atomic E-state index is 11.1. The first kappa shape index (κ1) is 11.7. The van der Waals surface area contributed by atoms with E-state index in [2.05, 4.69) is 30.3 Å². The molecular weight excluding hydrogens is 236 g/mol. The van der Waals surface area contributed by atoms with Gasteiger partial charge in [-0.1, -0.05) is 48.5 Å². The quantitative estimate of drug-likeness (QED) is 0.506. The van der Waals surface area contributed by atoms with E-state index in [9.17, 15) is 4.79 Å². The van der Waals surface area contributed by atoms with Crippen molar-refractivity contribution in [3.8, 4) is 0 Å². The van der Waals surface area contributed by atoms with E-state index in [-0.39, 0.29) is 5.97 Å². The molecule has 2 nitrogen and oxygen atoms in total. The molecule has 0 aliphatic rings. The predicted octanol–water partition coefficient (Wildman–Crippen LogP) is 4.06. The number of rotatable bonds is 2. The van der Waals surface area contributed by atoms with Gasteiger partial charge < -0.3 is 4.74 Å². The van der Waals surface area contributed by atoms with E-state index in [1.807, 2.05) is 24.3 Å². The Balaban J connectivity index is 2.29. The van der Waals surface area contributed by atoms with Crippen molar-refractivity contribution in [2.24, 2.45) is 0 Å². The molecule has 0 amide bonds. The number of hydrogen-bond acceptors (Lipinski definition) is 2. The molecule has 0 heterocycles. The van der Waals surface area contributed by atoms with E-state index in [4.69, 9.17) is 4.74 Å². The van der Waals surface area contributed by atoms with Gasteiger partial charge in [-0.15, -0.1) is 0 Å². The average Bonchev–Trinajstić information content (AvgIpc) is 2.43. The lowest BCUT2D eigenvalue weighted by Crippen LogP contribution is -2.00. The Labute approximate surface area is 111 Å². The molecule has 0 unspecified atom stereocenters. The molecule has 3 aromatic carbocycles. The number of carbonyl (C=O) groups excluding carboxylic acids is 1. The Morgan fingerprint density at radius 1 is 0.947 bits per heavy atom. The predicted molar refractivity (Wildman–Crippen MR) is 76.9 cm³/mol.